The van der Waals surface area contributed by atoms with Gasteiger partial charge in [0, 0.05) is 32.5 Å². The van der Waals surface area contributed by atoms with E-state index in [1.165, 1.54) is 10.9 Å². The fraction of sp³-hybridized carbons (Fsp3) is 0.545. The molecule has 3 N–H and O–H groups in total. The number of methoxy groups -OCH3 is 1. The van der Waals surface area contributed by atoms with Crippen LogP contribution in [0.25, 0.3) is 0 Å². The Balaban J connectivity index is 2.50. The van der Waals surface area contributed by atoms with Crippen LogP contribution in [0.3, 0.4) is 0 Å². The highest BCUT2D eigenvalue weighted by Gasteiger charge is 2.23. The number of carbonyl (C=O) groups is 2. The molecule has 0 spiro atoms. The van der Waals surface area contributed by atoms with Crippen LogP contribution in [0.15, 0.2) is 12.4 Å². The lowest BCUT2D eigenvalue weighted by molar-refractivity contribution is -0.141. The smallest absolute Gasteiger partial charge is 0.331 e. The SMILES string of the molecule is COCCNCC(=O)NC(C(=O)O)c1cnn(C)c1. The predicted molar refractivity (Wildman–Crippen MR) is 66.5 cm³/mol. The molecule has 8 heteroatoms. The minimum atomic E-state index is -1.13. The van der Waals surface area contributed by atoms with Gasteiger partial charge in [0.05, 0.1) is 19.3 Å². The molecule has 1 unspecified atom stereocenters. The van der Waals surface area contributed by atoms with Gasteiger partial charge in [-0.1, -0.05) is 0 Å². The summed E-state index contributed by atoms with van der Waals surface area (Å²) in [7, 11) is 3.24. The van der Waals surface area contributed by atoms with Crippen LogP contribution in [0.5, 0.6) is 0 Å². The molecule has 1 atom stereocenters. The van der Waals surface area contributed by atoms with Gasteiger partial charge in [0.15, 0.2) is 6.04 Å². The minimum Gasteiger partial charge on any atom is -0.479 e. The van der Waals surface area contributed by atoms with Crippen LogP contribution in [0.2, 0.25) is 0 Å². The zero-order valence-electron chi connectivity index (χ0n) is 10.9. The quantitative estimate of drug-likeness (QED) is 0.518. The number of hydrogen-bond donors (Lipinski definition) is 3. The Kier molecular flexibility index (Phi) is 5.97. The van der Waals surface area contributed by atoms with Crippen molar-refractivity contribution in [1.82, 2.24) is 20.4 Å². The molecule has 0 saturated heterocycles. The first-order valence-corrected chi connectivity index (χ1v) is 5.75. The second-order valence-electron chi connectivity index (χ2n) is 3.96. The Morgan fingerprint density at radius 3 is 2.84 bits per heavy atom. The molecule has 106 valence electrons. The van der Waals surface area contributed by atoms with Crippen LogP contribution in [-0.4, -0.2) is 53.6 Å². The zero-order chi connectivity index (χ0) is 14.3. The van der Waals surface area contributed by atoms with E-state index in [-0.39, 0.29) is 6.54 Å². The number of carboxylic acid groups (broad SMARTS) is 1. The van der Waals surface area contributed by atoms with Gasteiger partial charge in [0.1, 0.15) is 0 Å². The molecule has 1 rings (SSSR count). The molecule has 0 saturated carbocycles. The number of nitrogens with zero attached hydrogens (tertiary/aromatic N) is 2. The van der Waals surface area contributed by atoms with Crippen molar-refractivity contribution in [3.05, 3.63) is 18.0 Å². The number of aromatic nitrogens is 2. The van der Waals surface area contributed by atoms with E-state index >= 15 is 0 Å². The molecular formula is C11H18N4O4. The second kappa shape index (κ2) is 7.49. The van der Waals surface area contributed by atoms with E-state index < -0.39 is 17.9 Å². The van der Waals surface area contributed by atoms with Crippen molar-refractivity contribution in [3.63, 3.8) is 0 Å². The van der Waals surface area contributed by atoms with Crippen LogP contribution < -0.4 is 10.6 Å². The van der Waals surface area contributed by atoms with Crippen molar-refractivity contribution < 1.29 is 19.4 Å². The van der Waals surface area contributed by atoms with Gasteiger partial charge in [0.2, 0.25) is 5.91 Å². The fourth-order valence-corrected chi connectivity index (χ4v) is 1.47. The molecule has 0 aliphatic heterocycles. The molecule has 0 aliphatic carbocycles. The van der Waals surface area contributed by atoms with Crippen molar-refractivity contribution in [2.75, 3.05) is 26.8 Å². The number of rotatable bonds is 8. The first-order chi connectivity index (χ1) is 9.04. The molecule has 0 aliphatic rings. The van der Waals surface area contributed by atoms with Crippen LogP contribution in [0.4, 0.5) is 0 Å². The second-order valence-corrected chi connectivity index (χ2v) is 3.96. The van der Waals surface area contributed by atoms with Gasteiger partial charge < -0.3 is 20.5 Å². The van der Waals surface area contributed by atoms with Crippen LogP contribution >= 0.6 is 0 Å². The maximum Gasteiger partial charge on any atom is 0.331 e. The molecule has 0 aromatic carbocycles. The third kappa shape index (κ3) is 5.06. The number of aryl methyl sites for hydroxylation is 1. The third-order valence-electron chi connectivity index (χ3n) is 2.38. The van der Waals surface area contributed by atoms with Crippen LogP contribution in [-0.2, 0) is 21.4 Å². The standard InChI is InChI=1S/C11H18N4O4/c1-15-7-8(5-13-15)10(11(17)18)14-9(16)6-12-3-4-19-2/h5,7,10,12H,3-4,6H2,1-2H3,(H,14,16)(H,17,18). The number of ether oxygens (including phenoxy) is 1. The van der Waals surface area contributed by atoms with Gasteiger partial charge in [-0.3, -0.25) is 9.48 Å². The number of hydrogen-bond acceptors (Lipinski definition) is 5. The van der Waals surface area contributed by atoms with E-state index in [1.54, 1.807) is 20.4 Å². The average molecular weight is 270 g/mol. The number of carbonyl (C=O) groups excluding carboxylic acids is 1. The summed E-state index contributed by atoms with van der Waals surface area (Å²) in [5, 5.41) is 18.2. The van der Waals surface area contributed by atoms with E-state index in [2.05, 4.69) is 15.7 Å². The van der Waals surface area contributed by atoms with E-state index in [0.29, 0.717) is 18.7 Å². The van der Waals surface area contributed by atoms with Gasteiger partial charge in [-0.15, -0.1) is 0 Å². The molecule has 1 amide bonds. The van der Waals surface area contributed by atoms with Gasteiger partial charge in [-0.05, 0) is 0 Å². The maximum atomic E-state index is 11.6. The summed E-state index contributed by atoms with van der Waals surface area (Å²) >= 11 is 0. The van der Waals surface area contributed by atoms with Crippen molar-refractivity contribution in [2.45, 2.75) is 6.04 Å². The Morgan fingerprint density at radius 1 is 1.58 bits per heavy atom. The molecule has 0 bridgehead atoms. The third-order valence-corrected chi connectivity index (χ3v) is 2.38. The summed E-state index contributed by atoms with van der Waals surface area (Å²) in [6.07, 6.45) is 2.97. The first kappa shape index (κ1) is 15.1. The average Bonchev–Trinajstić information content (AvgIpc) is 2.78. The van der Waals surface area contributed by atoms with Crippen molar-refractivity contribution in [1.29, 1.82) is 0 Å². The fourth-order valence-electron chi connectivity index (χ4n) is 1.47. The summed E-state index contributed by atoms with van der Waals surface area (Å²) in [6, 6.07) is -1.09. The van der Waals surface area contributed by atoms with E-state index in [9.17, 15) is 9.59 Å². The lowest BCUT2D eigenvalue weighted by Gasteiger charge is -2.13. The molecule has 0 fully saturated rings. The Bertz CT molecular complexity index is 432. The van der Waals surface area contributed by atoms with Gasteiger partial charge in [0.25, 0.3) is 0 Å². The van der Waals surface area contributed by atoms with Gasteiger partial charge >= 0.3 is 5.97 Å². The molecular weight excluding hydrogens is 252 g/mol. The highest BCUT2D eigenvalue weighted by atomic mass is 16.5. The number of nitrogens with one attached hydrogen (secondary N) is 2. The minimum absolute atomic E-state index is 0.0351. The number of amides is 1. The summed E-state index contributed by atoms with van der Waals surface area (Å²) in [5.41, 5.74) is 0.431. The number of carboxylic acids is 1. The first-order valence-electron chi connectivity index (χ1n) is 5.75. The Labute approximate surface area is 110 Å². The normalized spacial score (nSPS) is 12.1. The summed E-state index contributed by atoms with van der Waals surface area (Å²) in [5.74, 6) is -1.52. The lowest BCUT2D eigenvalue weighted by atomic mass is 10.1. The lowest BCUT2D eigenvalue weighted by Crippen LogP contribution is -2.39. The predicted octanol–water partition coefficient (Wildman–Crippen LogP) is -1.10. The van der Waals surface area contributed by atoms with Crippen molar-refractivity contribution >= 4 is 11.9 Å². The van der Waals surface area contributed by atoms with Gasteiger partial charge in [-0.2, -0.15) is 5.10 Å². The largest absolute Gasteiger partial charge is 0.479 e. The summed E-state index contributed by atoms with van der Waals surface area (Å²) in [6.45, 7) is 1.04. The summed E-state index contributed by atoms with van der Waals surface area (Å²) < 4.78 is 6.30. The highest BCUT2D eigenvalue weighted by Crippen LogP contribution is 2.11. The van der Waals surface area contributed by atoms with Crippen LogP contribution in [0.1, 0.15) is 11.6 Å². The molecule has 8 nitrogen and oxygen atoms in total. The molecule has 1 heterocycles. The zero-order valence-corrected chi connectivity index (χ0v) is 10.9. The Morgan fingerprint density at radius 2 is 2.32 bits per heavy atom. The maximum absolute atomic E-state index is 11.6. The van der Waals surface area contributed by atoms with Crippen molar-refractivity contribution in [2.24, 2.45) is 7.05 Å². The molecule has 19 heavy (non-hydrogen) atoms. The van der Waals surface area contributed by atoms with Crippen LogP contribution in [0, 0.1) is 0 Å². The highest BCUT2D eigenvalue weighted by molar-refractivity contribution is 5.85. The van der Waals surface area contributed by atoms with E-state index in [4.69, 9.17) is 9.84 Å². The van der Waals surface area contributed by atoms with E-state index in [1.807, 2.05) is 0 Å². The molecule has 0 radical (unpaired) electrons. The molecule has 1 aromatic heterocycles. The molecule has 1 aromatic rings. The topological polar surface area (TPSA) is 105 Å². The number of aliphatic carboxylic acids is 1. The summed E-state index contributed by atoms with van der Waals surface area (Å²) in [4.78, 5) is 22.7. The Hall–Kier alpha value is -1.93. The monoisotopic (exact) mass is 270 g/mol. The van der Waals surface area contributed by atoms with E-state index in [0.717, 1.165) is 0 Å². The van der Waals surface area contributed by atoms with Crippen molar-refractivity contribution in [3.8, 4) is 0 Å². The van der Waals surface area contributed by atoms with Gasteiger partial charge in [-0.25, -0.2) is 4.79 Å².